The molecule has 0 saturated carbocycles. The van der Waals surface area contributed by atoms with Crippen molar-refractivity contribution in [1.82, 2.24) is 4.90 Å². The van der Waals surface area contributed by atoms with Crippen molar-refractivity contribution < 1.29 is 9.90 Å². The normalized spacial score (nSPS) is 12.1. The predicted molar refractivity (Wildman–Crippen MR) is 104 cm³/mol. The first-order valence-electron chi connectivity index (χ1n) is 8.22. The van der Waals surface area contributed by atoms with Gasteiger partial charge in [-0.05, 0) is 43.3 Å². The van der Waals surface area contributed by atoms with Crippen LogP contribution in [0.2, 0.25) is 0 Å². The fourth-order valence-corrected chi connectivity index (χ4v) is 3.21. The molecule has 5 heteroatoms. The van der Waals surface area contributed by atoms with Gasteiger partial charge in [-0.2, -0.15) is 0 Å². The van der Waals surface area contributed by atoms with Gasteiger partial charge in [0.2, 0.25) is 0 Å². The summed E-state index contributed by atoms with van der Waals surface area (Å²) in [5.41, 5.74) is 2.40. The van der Waals surface area contributed by atoms with Crippen LogP contribution in [0.3, 0.4) is 0 Å². The molecule has 0 spiro atoms. The molecule has 0 radical (unpaired) electrons. The Morgan fingerprint density at radius 3 is 2.48 bits per heavy atom. The molecular formula is C20H23BrN2O2. The molecule has 2 N–H and O–H groups in total. The minimum absolute atomic E-state index is 0.259. The number of nitrogens with one attached hydrogen (secondary N) is 1. The van der Waals surface area contributed by atoms with Crippen LogP contribution in [0.15, 0.2) is 59.1 Å². The molecule has 132 valence electrons. The van der Waals surface area contributed by atoms with Gasteiger partial charge in [0.25, 0.3) is 0 Å². The number of carboxylic acid groups (broad SMARTS) is 1. The molecular weight excluding hydrogens is 380 g/mol. The van der Waals surface area contributed by atoms with Gasteiger partial charge in [0.15, 0.2) is 0 Å². The molecule has 0 aliphatic rings. The summed E-state index contributed by atoms with van der Waals surface area (Å²) in [4.78, 5) is 13.7. The number of hydrogen-bond acceptors (Lipinski definition) is 3. The quantitative estimate of drug-likeness (QED) is 0.616. The largest absolute Gasteiger partial charge is 0.481 e. The van der Waals surface area contributed by atoms with E-state index in [4.69, 9.17) is 5.41 Å². The highest BCUT2D eigenvalue weighted by Gasteiger charge is 2.23. The molecule has 2 aromatic rings. The molecule has 0 aliphatic heterocycles. The van der Waals surface area contributed by atoms with Gasteiger partial charge in [0.1, 0.15) is 0 Å². The molecule has 4 nitrogen and oxygen atoms in total. The predicted octanol–water partition coefficient (Wildman–Crippen LogP) is 4.23. The number of nitrogens with zero attached hydrogens (tertiary/aromatic N) is 1. The van der Waals surface area contributed by atoms with Crippen molar-refractivity contribution in [2.75, 3.05) is 13.6 Å². The van der Waals surface area contributed by atoms with Crippen LogP contribution in [0.25, 0.3) is 0 Å². The Morgan fingerprint density at radius 2 is 1.84 bits per heavy atom. The van der Waals surface area contributed by atoms with E-state index >= 15 is 0 Å². The number of carboxylic acids is 1. The van der Waals surface area contributed by atoms with Crippen molar-refractivity contribution in [2.24, 2.45) is 5.92 Å². The Kier molecular flexibility index (Phi) is 7.34. The highest BCUT2D eigenvalue weighted by atomic mass is 79.9. The van der Waals surface area contributed by atoms with E-state index in [2.05, 4.69) is 26.9 Å². The fraction of sp³-hybridized carbons (Fsp3) is 0.300. The van der Waals surface area contributed by atoms with Gasteiger partial charge in [0, 0.05) is 23.1 Å². The van der Waals surface area contributed by atoms with E-state index in [0.29, 0.717) is 19.4 Å². The summed E-state index contributed by atoms with van der Waals surface area (Å²) in [6, 6.07) is 17.7. The molecule has 0 amide bonds. The zero-order chi connectivity index (χ0) is 18.2. The topological polar surface area (TPSA) is 64.4 Å². The molecule has 1 atom stereocenters. The number of halogens is 1. The molecule has 25 heavy (non-hydrogen) atoms. The molecule has 2 rings (SSSR count). The average Bonchev–Trinajstić information content (AvgIpc) is 2.55. The van der Waals surface area contributed by atoms with Gasteiger partial charge in [-0.3, -0.25) is 4.79 Å². The molecule has 0 saturated heterocycles. The highest BCUT2D eigenvalue weighted by molar-refractivity contribution is 9.10. The van der Waals surface area contributed by atoms with E-state index < -0.39 is 11.9 Å². The second-order valence-corrected chi connectivity index (χ2v) is 7.15. The van der Waals surface area contributed by atoms with Gasteiger partial charge in [-0.1, -0.05) is 58.4 Å². The van der Waals surface area contributed by atoms with Gasteiger partial charge < -0.3 is 15.4 Å². The minimum atomic E-state index is -0.920. The number of rotatable bonds is 9. The van der Waals surface area contributed by atoms with Crippen molar-refractivity contribution in [3.63, 3.8) is 0 Å². The van der Waals surface area contributed by atoms with Crippen LogP contribution in [0.5, 0.6) is 0 Å². The van der Waals surface area contributed by atoms with Gasteiger partial charge in [-0.15, -0.1) is 0 Å². The average molecular weight is 403 g/mol. The van der Waals surface area contributed by atoms with Crippen LogP contribution in [-0.2, 0) is 17.8 Å². The molecule has 1 unspecified atom stereocenters. The zero-order valence-electron chi connectivity index (χ0n) is 14.3. The van der Waals surface area contributed by atoms with Gasteiger partial charge in [0.05, 0.1) is 5.92 Å². The third-order valence-corrected chi connectivity index (χ3v) is 4.59. The van der Waals surface area contributed by atoms with Crippen LogP contribution in [0, 0.1) is 11.3 Å². The lowest BCUT2D eigenvalue weighted by atomic mass is 9.94. The maximum atomic E-state index is 11.6. The lowest BCUT2D eigenvalue weighted by Crippen LogP contribution is -2.30. The second kappa shape index (κ2) is 9.49. The highest BCUT2D eigenvalue weighted by Crippen LogP contribution is 2.15. The molecule has 0 heterocycles. The molecule has 0 fully saturated rings. The fourth-order valence-electron chi connectivity index (χ4n) is 2.76. The van der Waals surface area contributed by atoms with Crippen molar-refractivity contribution in [2.45, 2.75) is 19.4 Å². The Morgan fingerprint density at radius 1 is 1.16 bits per heavy atom. The molecule has 2 aromatic carbocycles. The van der Waals surface area contributed by atoms with Crippen LogP contribution in [0.4, 0.5) is 0 Å². The first kappa shape index (κ1) is 19.3. The first-order chi connectivity index (χ1) is 12.0. The van der Waals surface area contributed by atoms with Crippen LogP contribution in [-0.4, -0.2) is 35.3 Å². The number of benzene rings is 2. The van der Waals surface area contributed by atoms with Crippen molar-refractivity contribution >= 4 is 27.6 Å². The van der Waals surface area contributed by atoms with Crippen molar-refractivity contribution in [3.8, 4) is 0 Å². The molecule has 0 aromatic heterocycles. The lowest BCUT2D eigenvalue weighted by Gasteiger charge is -2.20. The van der Waals surface area contributed by atoms with E-state index in [0.717, 1.165) is 16.6 Å². The summed E-state index contributed by atoms with van der Waals surface area (Å²) in [6.45, 7) is 1.37. The SMILES string of the molecule is CN(CCC(C(=N)Cc1ccccc1)C(=O)O)Cc1cccc(Br)c1. The summed E-state index contributed by atoms with van der Waals surface area (Å²) in [5.74, 6) is -1.66. The molecule has 0 aliphatic carbocycles. The first-order valence-corrected chi connectivity index (χ1v) is 9.02. The van der Waals surface area contributed by atoms with Gasteiger partial charge >= 0.3 is 5.97 Å². The third kappa shape index (κ3) is 6.44. The van der Waals surface area contributed by atoms with Crippen LogP contribution in [0.1, 0.15) is 17.5 Å². The number of hydrogen-bond donors (Lipinski definition) is 2. The van der Waals surface area contributed by atoms with E-state index in [-0.39, 0.29) is 5.71 Å². The maximum absolute atomic E-state index is 11.6. The summed E-state index contributed by atoms with van der Waals surface area (Å²) in [5, 5.41) is 17.7. The number of carbonyl (C=O) groups is 1. The maximum Gasteiger partial charge on any atom is 0.312 e. The smallest absolute Gasteiger partial charge is 0.312 e. The van der Waals surface area contributed by atoms with E-state index in [1.807, 2.05) is 55.6 Å². The third-order valence-electron chi connectivity index (χ3n) is 4.10. The zero-order valence-corrected chi connectivity index (χ0v) is 15.9. The standard InChI is InChI=1S/C20H23BrN2O2/c1-23(14-16-8-5-9-17(21)12-16)11-10-18(20(24)25)19(22)13-15-6-3-2-4-7-15/h2-9,12,18,22H,10-11,13-14H2,1H3,(H,24,25). The summed E-state index contributed by atoms with van der Waals surface area (Å²) < 4.78 is 1.03. The lowest BCUT2D eigenvalue weighted by molar-refractivity contribution is -0.139. The second-order valence-electron chi connectivity index (χ2n) is 6.23. The summed E-state index contributed by atoms with van der Waals surface area (Å²) in [7, 11) is 1.97. The Hall–Kier alpha value is -1.98. The summed E-state index contributed by atoms with van der Waals surface area (Å²) >= 11 is 3.46. The monoisotopic (exact) mass is 402 g/mol. The van der Waals surface area contributed by atoms with E-state index in [1.54, 1.807) is 0 Å². The van der Waals surface area contributed by atoms with Gasteiger partial charge in [-0.25, -0.2) is 0 Å². The summed E-state index contributed by atoms with van der Waals surface area (Å²) in [6.07, 6.45) is 0.818. The number of aliphatic carboxylic acids is 1. The van der Waals surface area contributed by atoms with E-state index in [1.165, 1.54) is 5.56 Å². The Bertz CT molecular complexity index is 719. The van der Waals surface area contributed by atoms with Crippen LogP contribution < -0.4 is 0 Å². The van der Waals surface area contributed by atoms with Crippen molar-refractivity contribution in [3.05, 3.63) is 70.2 Å². The Labute approximate surface area is 157 Å². The van der Waals surface area contributed by atoms with E-state index in [9.17, 15) is 9.90 Å². The molecule has 0 bridgehead atoms. The van der Waals surface area contributed by atoms with Crippen LogP contribution >= 0.6 is 15.9 Å². The van der Waals surface area contributed by atoms with Crippen molar-refractivity contribution in [1.29, 1.82) is 5.41 Å². The Balaban J connectivity index is 1.90. The minimum Gasteiger partial charge on any atom is -0.481 e.